The maximum Gasteiger partial charge on any atom is 0.0403 e. The van der Waals surface area contributed by atoms with E-state index in [1.54, 1.807) is 0 Å². The van der Waals surface area contributed by atoms with E-state index in [1.165, 1.54) is 22.3 Å². The number of nitrogens with zero attached hydrogens (tertiary/aromatic N) is 1. The van der Waals surface area contributed by atoms with Gasteiger partial charge in [-0.1, -0.05) is 22.9 Å². The van der Waals surface area contributed by atoms with Gasteiger partial charge in [0.1, 0.15) is 0 Å². The summed E-state index contributed by atoms with van der Waals surface area (Å²) in [6.45, 7) is 6.78. The summed E-state index contributed by atoms with van der Waals surface area (Å²) in [5.74, 6) is 0.674. The van der Waals surface area contributed by atoms with E-state index in [0.29, 0.717) is 5.92 Å². The molecule has 13 heavy (non-hydrogen) atoms. The monoisotopic (exact) mass is 239 g/mol. The number of likely N-dealkylation sites (N-methyl/N-ethyl adjacent to an activating group) is 1. The van der Waals surface area contributed by atoms with Crippen LogP contribution in [0.2, 0.25) is 0 Å². The van der Waals surface area contributed by atoms with Gasteiger partial charge in [0.2, 0.25) is 0 Å². The Hall–Kier alpha value is -0.500. The van der Waals surface area contributed by atoms with Gasteiger partial charge >= 0.3 is 0 Å². The first kappa shape index (κ1) is 9.07. The van der Waals surface area contributed by atoms with Gasteiger partial charge in [0.15, 0.2) is 0 Å². The Kier molecular flexibility index (Phi) is 2.33. The molecule has 1 aliphatic heterocycles. The molecular weight excluding hydrogens is 226 g/mol. The highest BCUT2D eigenvalue weighted by atomic mass is 79.9. The van der Waals surface area contributed by atoms with Crippen molar-refractivity contribution in [2.75, 3.05) is 18.0 Å². The van der Waals surface area contributed by atoms with Crippen LogP contribution in [0, 0.1) is 0 Å². The molecule has 2 heteroatoms. The topological polar surface area (TPSA) is 3.24 Å². The highest BCUT2D eigenvalue weighted by Gasteiger charge is 2.23. The van der Waals surface area contributed by atoms with Crippen molar-refractivity contribution in [2.45, 2.75) is 19.8 Å². The molecule has 0 N–H and O–H groups in total. The fourth-order valence-corrected chi connectivity index (χ4v) is 2.41. The second kappa shape index (κ2) is 3.33. The van der Waals surface area contributed by atoms with Crippen molar-refractivity contribution in [3.05, 3.63) is 28.2 Å². The van der Waals surface area contributed by atoms with Crippen LogP contribution >= 0.6 is 15.9 Å². The predicted octanol–water partition coefficient (Wildman–Crippen LogP) is 3.39. The fourth-order valence-electron chi connectivity index (χ4n) is 2.03. The minimum Gasteiger partial charge on any atom is -0.371 e. The lowest BCUT2D eigenvalue weighted by Crippen LogP contribution is -2.20. The molecule has 0 saturated carbocycles. The first-order valence-corrected chi connectivity index (χ1v) is 5.56. The third-order valence-corrected chi connectivity index (χ3v) is 3.23. The summed E-state index contributed by atoms with van der Waals surface area (Å²) in [5, 5.41) is 0. The molecule has 1 heterocycles. The highest BCUT2D eigenvalue weighted by Crippen LogP contribution is 2.37. The van der Waals surface area contributed by atoms with Crippen LogP contribution in [0.3, 0.4) is 0 Å². The Morgan fingerprint density at radius 3 is 3.00 bits per heavy atom. The third kappa shape index (κ3) is 1.48. The van der Waals surface area contributed by atoms with Crippen LogP contribution in [0.4, 0.5) is 5.69 Å². The van der Waals surface area contributed by atoms with Crippen LogP contribution in [-0.4, -0.2) is 13.1 Å². The van der Waals surface area contributed by atoms with Crippen LogP contribution in [0.15, 0.2) is 22.7 Å². The molecule has 1 nitrogen and oxygen atoms in total. The van der Waals surface area contributed by atoms with Crippen molar-refractivity contribution >= 4 is 21.6 Å². The lowest BCUT2D eigenvalue weighted by molar-refractivity contribution is 0.762. The Bertz CT molecular complexity index is 322. The maximum atomic E-state index is 3.52. The molecule has 1 unspecified atom stereocenters. The number of rotatable bonds is 1. The van der Waals surface area contributed by atoms with Gasteiger partial charge < -0.3 is 4.90 Å². The van der Waals surface area contributed by atoms with Crippen molar-refractivity contribution in [1.82, 2.24) is 0 Å². The molecule has 0 fully saturated rings. The van der Waals surface area contributed by atoms with Gasteiger partial charge in [-0.05, 0) is 30.7 Å². The van der Waals surface area contributed by atoms with Crippen LogP contribution in [0.5, 0.6) is 0 Å². The van der Waals surface area contributed by atoms with Crippen molar-refractivity contribution in [3.63, 3.8) is 0 Å². The zero-order valence-electron chi connectivity index (χ0n) is 8.05. The third-order valence-electron chi connectivity index (χ3n) is 2.74. The van der Waals surface area contributed by atoms with E-state index in [-0.39, 0.29) is 0 Å². The van der Waals surface area contributed by atoms with E-state index >= 15 is 0 Å². The van der Waals surface area contributed by atoms with Gasteiger partial charge in [-0.25, -0.2) is 0 Å². The van der Waals surface area contributed by atoms with Crippen molar-refractivity contribution in [2.24, 2.45) is 0 Å². The zero-order valence-corrected chi connectivity index (χ0v) is 9.63. The summed E-state index contributed by atoms with van der Waals surface area (Å²) in [6.07, 6.45) is 0. The van der Waals surface area contributed by atoms with Gasteiger partial charge in [-0.3, -0.25) is 0 Å². The van der Waals surface area contributed by atoms with Crippen LogP contribution in [0.25, 0.3) is 0 Å². The molecule has 0 amide bonds. The minimum absolute atomic E-state index is 0.674. The summed E-state index contributed by atoms with van der Waals surface area (Å²) in [6, 6.07) is 6.58. The highest BCUT2D eigenvalue weighted by molar-refractivity contribution is 9.10. The summed E-state index contributed by atoms with van der Waals surface area (Å²) in [7, 11) is 0. The van der Waals surface area contributed by atoms with Crippen LogP contribution in [0.1, 0.15) is 25.3 Å². The second-order valence-corrected chi connectivity index (χ2v) is 4.56. The normalized spacial score (nSPS) is 20.5. The van der Waals surface area contributed by atoms with Gasteiger partial charge in [-0.2, -0.15) is 0 Å². The van der Waals surface area contributed by atoms with Gasteiger partial charge in [0, 0.05) is 29.2 Å². The molecule has 0 radical (unpaired) electrons. The summed E-state index contributed by atoms with van der Waals surface area (Å²) < 4.78 is 1.19. The first-order valence-electron chi connectivity index (χ1n) is 4.76. The molecule has 0 aromatic heterocycles. The molecule has 70 valence electrons. The number of halogens is 1. The Morgan fingerprint density at radius 2 is 2.31 bits per heavy atom. The van der Waals surface area contributed by atoms with Gasteiger partial charge in [0.25, 0.3) is 0 Å². The zero-order chi connectivity index (χ0) is 9.42. The van der Waals surface area contributed by atoms with Crippen molar-refractivity contribution < 1.29 is 0 Å². The SMILES string of the molecule is CCN1CC(C)c2cc(Br)ccc21. The molecule has 0 saturated heterocycles. The van der Waals surface area contributed by atoms with Crippen LogP contribution < -0.4 is 4.90 Å². The van der Waals surface area contributed by atoms with E-state index in [9.17, 15) is 0 Å². The lowest BCUT2D eigenvalue weighted by atomic mass is 10.0. The molecule has 1 aromatic carbocycles. The Morgan fingerprint density at radius 1 is 1.54 bits per heavy atom. The maximum absolute atomic E-state index is 3.52. The second-order valence-electron chi connectivity index (χ2n) is 3.64. The molecular formula is C11H14BrN. The van der Waals surface area contributed by atoms with Crippen LogP contribution in [-0.2, 0) is 0 Å². The summed E-state index contributed by atoms with van der Waals surface area (Å²) >= 11 is 3.52. The Labute approximate surface area is 87.9 Å². The predicted molar refractivity (Wildman–Crippen MR) is 60.4 cm³/mol. The van der Waals surface area contributed by atoms with E-state index in [2.05, 4.69) is 52.9 Å². The average Bonchev–Trinajstić information content (AvgIpc) is 2.43. The van der Waals surface area contributed by atoms with Gasteiger partial charge in [-0.15, -0.1) is 0 Å². The lowest BCUT2D eigenvalue weighted by Gasteiger charge is -2.16. The summed E-state index contributed by atoms with van der Waals surface area (Å²) in [4.78, 5) is 2.44. The van der Waals surface area contributed by atoms with Crippen molar-refractivity contribution in [1.29, 1.82) is 0 Å². The quantitative estimate of drug-likeness (QED) is 0.727. The molecule has 1 aromatic rings. The fraction of sp³-hybridized carbons (Fsp3) is 0.455. The molecule has 1 atom stereocenters. The van der Waals surface area contributed by atoms with E-state index in [1.807, 2.05) is 0 Å². The Balaban J connectivity index is 2.46. The number of fused-ring (bicyclic) bond motifs is 1. The summed E-state index contributed by atoms with van der Waals surface area (Å²) in [5.41, 5.74) is 2.90. The molecule has 2 rings (SSSR count). The average molecular weight is 240 g/mol. The minimum atomic E-state index is 0.674. The smallest absolute Gasteiger partial charge is 0.0403 e. The molecule has 0 bridgehead atoms. The molecule has 1 aliphatic rings. The largest absolute Gasteiger partial charge is 0.371 e. The first-order chi connectivity index (χ1) is 6.22. The van der Waals surface area contributed by atoms with Crippen molar-refractivity contribution in [3.8, 4) is 0 Å². The van der Waals surface area contributed by atoms with E-state index < -0.39 is 0 Å². The van der Waals surface area contributed by atoms with E-state index in [0.717, 1.165) is 6.54 Å². The van der Waals surface area contributed by atoms with E-state index in [4.69, 9.17) is 0 Å². The number of hydrogen-bond donors (Lipinski definition) is 0. The van der Waals surface area contributed by atoms with Gasteiger partial charge in [0.05, 0.1) is 0 Å². The number of anilines is 1. The standard InChI is InChI=1S/C11H14BrN/c1-3-13-7-8(2)10-6-9(12)4-5-11(10)13/h4-6,8H,3,7H2,1-2H3. The number of benzene rings is 1. The molecule has 0 aliphatic carbocycles. The number of hydrogen-bond acceptors (Lipinski definition) is 1. The molecule has 0 spiro atoms.